The molecule has 0 aromatic carbocycles. The number of hydrogen-bond acceptors (Lipinski definition) is 2. The normalized spacial score (nSPS) is 29.4. The second-order valence-corrected chi connectivity index (χ2v) is 8.62. The Balaban J connectivity index is 2.86. The Morgan fingerprint density at radius 1 is 1.20 bits per heavy atom. The minimum Gasteiger partial charge on any atom is -0.389 e. The van der Waals surface area contributed by atoms with Crippen LogP contribution in [0.25, 0.3) is 0 Å². The van der Waals surface area contributed by atoms with Crippen LogP contribution in [0.15, 0.2) is 0 Å². The maximum Gasteiger partial charge on any atom is 0.0837 e. The summed E-state index contributed by atoms with van der Waals surface area (Å²) >= 11 is 5.60. The van der Waals surface area contributed by atoms with Gasteiger partial charge in [-0.15, -0.1) is 0 Å². The standard InChI is InChI=1S/C17H33NOS/c1-12(2)14(15(20)18(6)7)17(19)10-8-13(9-11-17)16(3,4)5/h12-14,19H,8-11H2,1-7H3. The zero-order valence-corrected chi connectivity index (χ0v) is 15.2. The minimum atomic E-state index is -0.614. The molecule has 1 N–H and O–H groups in total. The van der Waals surface area contributed by atoms with Crippen molar-refractivity contribution in [2.24, 2.45) is 23.2 Å². The number of hydrogen-bond donors (Lipinski definition) is 1. The summed E-state index contributed by atoms with van der Waals surface area (Å²) in [5.41, 5.74) is -0.270. The molecular formula is C17H33NOS. The van der Waals surface area contributed by atoms with E-state index in [-0.39, 0.29) is 5.92 Å². The highest BCUT2D eigenvalue weighted by Crippen LogP contribution is 2.46. The molecule has 0 spiro atoms. The molecule has 0 aliphatic heterocycles. The lowest BCUT2D eigenvalue weighted by Gasteiger charge is -2.47. The highest BCUT2D eigenvalue weighted by atomic mass is 32.1. The summed E-state index contributed by atoms with van der Waals surface area (Å²) in [5, 5.41) is 11.2. The van der Waals surface area contributed by atoms with Crippen LogP contribution in [0, 0.1) is 23.2 Å². The van der Waals surface area contributed by atoms with Gasteiger partial charge in [-0.3, -0.25) is 0 Å². The Kier molecular flexibility index (Phi) is 5.65. The quantitative estimate of drug-likeness (QED) is 0.793. The maximum absolute atomic E-state index is 11.2. The summed E-state index contributed by atoms with van der Waals surface area (Å²) in [6, 6.07) is 0. The van der Waals surface area contributed by atoms with Crippen LogP contribution >= 0.6 is 12.2 Å². The molecule has 0 radical (unpaired) electrons. The fourth-order valence-corrected chi connectivity index (χ4v) is 4.20. The molecule has 1 aliphatic carbocycles. The first-order chi connectivity index (χ1) is 8.99. The molecule has 1 aliphatic rings. The van der Waals surface area contributed by atoms with Crippen molar-refractivity contribution in [1.29, 1.82) is 0 Å². The average molecular weight is 300 g/mol. The third-order valence-corrected chi connectivity index (χ3v) is 5.65. The molecule has 3 heteroatoms. The minimum absolute atomic E-state index is 0.0911. The van der Waals surface area contributed by atoms with E-state index in [0.29, 0.717) is 17.3 Å². The van der Waals surface area contributed by atoms with E-state index < -0.39 is 5.60 Å². The highest BCUT2D eigenvalue weighted by Gasteiger charge is 2.45. The predicted octanol–water partition coefficient (Wildman–Crippen LogP) is 4.12. The zero-order valence-electron chi connectivity index (χ0n) is 14.4. The van der Waals surface area contributed by atoms with Crippen LogP contribution in [0.1, 0.15) is 60.3 Å². The van der Waals surface area contributed by atoms with E-state index in [0.717, 1.165) is 30.7 Å². The fourth-order valence-electron chi connectivity index (χ4n) is 3.71. The number of thiocarbonyl (C=S) groups is 1. The SMILES string of the molecule is CC(C)C(C(=S)N(C)C)C1(O)CCC(C(C)(C)C)CC1. The van der Waals surface area contributed by atoms with Gasteiger partial charge < -0.3 is 10.0 Å². The van der Waals surface area contributed by atoms with E-state index in [1.165, 1.54) is 0 Å². The summed E-state index contributed by atoms with van der Waals surface area (Å²) in [5.74, 6) is 1.18. The Hall–Kier alpha value is -0.150. The first-order valence-corrected chi connectivity index (χ1v) is 8.33. The van der Waals surface area contributed by atoms with Crippen LogP contribution in [0.3, 0.4) is 0 Å². The Morgan fingerprint density at radius 3 is 1.95 bits per heavy atom. The Labute approximate surface area is 130 Å². The van der Waals surface area contributed by atoms with Gasteiger partial charge in [0.2, 0.25) is 0 Å². The molecule has 1 unspecified atom stereocenters. The van der Waals surface area contributed by atoms with Crippen LogP contribution in [-0.2, 0) is 0 Å². The molecule has 20 heavy (non-hydrogen) atoms. The number of nitrogens with zero attached hydrogens (tertiary/aromatic N) is 1. The van der Waals surface area contributed by atoms with Gasteiger partial charge in [-0.2, -0.15) is 0 Å². The summed E-state index contributed by atoms with van der Waals surface area (Å²) in [6.45, 7) is 11.3. The molecule has 0 aromatic heterocycles. The lowest BCUT2D eigenvalue weighted by molar-refractivity contribution is -0.0629. The van der Waals surface area contributed by atoms with Gasteiger partial charge in [0.25, 0.3) is 0 Å². The van der Waals surface area contributed by atoms with Crippen molar-refractivity contribution in [1.82, 2.24) is 4.90 Å². The topological polar surface area (TPSA) is 23.5 Å². The smallest absolute Gasteiger partial charge is 0.0837 e. The van der Waals surface area contributed by atoms with Gasteiger partial charge in [0.05, 0.1) is 10.6 Å². The summed E-state index contributed by atoms with van der Waals surface area (Å²) in [4.78, 5) is 2.89. The largest absolute Gasteiger partial charge is 0.389 e. The van der Waals surface area contributed by atoms with Gasteiger partial charge in [-0.25, -0.2) is 0 Å². The van der Waals surface area contributed by atoms with Gasteiger partial charge in [-0.05, 0) is 42.9 Å². The molecular weight excluding hydrogens is 266 g/mol. The molecule has 1 fully saturated rings. The monoisotopic (exact) mass is 299 g/mol. The van der Waals surface area contributed by atoms with Crippen molar-refractivity contribution in [2.45, 2.75) is 65.9 Å². The summed E-state index contributed by atoms with van der Waals surface area (Å²) in [7, 11) is 3.98. The van der Waals surface area contributed by atoms with Gasteiger partial charge >= 0.3 is 0 Å². The molecule has 0 bridgehead atoms. The summed E-state index contributed by atoms with van der Waals surface area (Å²) < 4.78 is 0. The van der Waals surface area contributed by atoms with Crippen molar-refractivity contribution >= 4 is 17.2 Å². The van der Waals surface area contributed by atoms with E-state index in [1.54, 1.807) is 0 Å². The van der Waals surface area contributed by atoms with E-state index in [2.05, 4.69) is 34.6 Å². The van der Waals surface area contributed by atoms with Crippen molar-refractivity contribution in [2.75, 3.05) is 14.1 Å². The molecule has 1 rings (SSSR count). The lowest BCUT2D eigenvalue weighted by atomic mass is 9.63. The van der Waals surface area contributed by atoms with Crippen molar-refractivity contribution < 1.29 is 5.11 Å². The number of rotatable bonds is 3. The average Bonchev–Trinajstić information content (AvgIpc) is 2.27. The van der Waals surface area contributed by atoms with Gasteiger partial charge in [0, 0.05) is 20.0 Å². The van der Waals surface area contributed by atoms with Gasteiger partial charge in [0.15, 0.2) is 0 Å². The highest BCUT2D eigenvalue weighted by molar-refractivity contribution is 7.80. The van der Waals surface area contributed by atoms with Gasteiger partial charge in [0.1, 0.15) is 0 Å². The number of aliphatic hydroxyl groups is 1. The Morgan fingerprint density at radius 2 is 1.65 bits per heavy atom. The summed E-state index contributed by atoms with van der Waals surface area (Å²) in [6.07, 6.45) is 3.98. The second-order valence-electron chi connectivity index (χ2n) is 8.20. The second kappa shape index (κ2) is 6.31. The van der Waals surface area contributed by atoms with Crippen molar-refractivity contribution in [3.8, 4) is 0 Å². The van der Waals surface area contributed by atoms with Crippen LogP contribution < -0.4 is 0 Å². The third kappa shape index (κ3) is 3.94. The van der Waals surface area contributed by atoms with Crippen LogP contribution in [0.4, 0.5) is 0 Å². The first kappa shape index (κ1) is 17.9. The zero-order chi connectivity index (χ0) is 15.7. The molecule has 0 aromatic rings. The molecule has 1 atom stereocenters. The molecule has 118 valence electrons. The first-order valence-electron chi connectivity index (χ1n) is 7.92. The van der Waals surface area contributed by atoms with Crippen molar-refractivity contribution in [3.63, 3.8) is 0 Å². The van der Waals surface area contributed by atoms with E-state index in [1.807, 2.05) is 19.0 Å². The lowest BCUT2D eigenvalue weighted by Crippen LogP contribution is -2.51. The van der Waals surface area contributed by atoms with Crippen molar-refractivity contribution in [3.05, 3.63) is 0 Å². The molecule has 1 saturated carbocycles. The molecule has 0 amide bonds. The third-order valence-electron chi connectivity index (χ3n) is 5.03. The predicted molar refractivity (Wildman–Crippen MR) is 91.0 cm³/mol. The molecule has 0 saturated heterocycles. The van der Waals surface area contributed by atoms with E-state index in [4.69, 9.17) is 12.2 Å². The molecule has 2 nitrogen and oxygen atoms in total. The van der Waals surface area contributed by atoms with E-state index in [9.17, 15) is 5.11 Å². The van der Waals surface area contributed by atoms with Crippen LogP contribution in [0.5, 0.6) is 0 Å². The van der Waals surface area contributed by atoms with Crippen LogP contribution in [0.2, 0.25) is 0 Å². The maximum atomic E-state index is 11.2. The Bertz CT molecular complexity index is 335. The van der Waals surface area contributed by atoms with E-state index >= 15 is 0 Å². The van der Waals surface area contributed by atoms with Crippen LogP contribution in [-0.4, -0.2) is 34.7 Å². The molecule has 0 heterocycles. The van der Waals surface area contributed by atoms with Gasteiger partial charge in [-0.1, -0.05) is 46.8 Å². The fraction of sp³-hybridized carbons (Fsp3) is 0.941.